The van der Waals surface area contributed by atoms with Crippen molar-refractivity contribution in [2.45, 2.75) is 32.6 Å². The molecule has 0 saturated carbocycles. The van der Waals surface area contributed by atoms with Crippen LogP contribution in [-0.2, 0) is 4.74 Å². The van der Waals surface area contributed by atoms with Crippen LogP contribution >= 0.6 is 0 Å². The summed E-state index contributed by atoms with van der Waals surface area (Å²) in [5, 5.41) is 7.42. The molecule has 0 aromatic heterocycles. The van der Waals surface area contributed by atoms with Gasteiger partial charge in [-0.3, -0.25) is 5.41 Å². The third-order valence-corrected chi connectivity index (χ3v) is 2.40. The Balaban J connectivity index is 1.96. The summed E-state index contributed by atoms with van der Waals surface area (Å²) < 4.78 is 5.07. The van der Waals surface area contributed by atoms with Gasteiger partial charge >= 0.3 is 0 Å². The van der Waals surface area contributed by atoms with Gasteiger partial charge in [0.2, 0.25) is 0 Å². The lowest BCUT2D eigenvalue weighted by Crippen LogP contribution is -2.21. The molecule has 1 aliphatic heterocycles. The van der Waals surface area contributed by atoms with Crippen molar-refractivity contribution in [3.8, 4) is 0 Å². The third-order valence-electron chi connectivity index (χ3n) is 2.40. The summed E-state index contributed by atoms with van der Waals surface area (Å²) in [6.45, 7) is 6.19. The lowest BCUT2D eigenvalue weighted by atomic mass is 10.3. The molecule has 1 fully saturated rings. The molecule has 0 aromatic carbocycles. The van der Waals surface area contributed by atoms with Gasteiger partial charge in [-0.15, -0.1) is 0 Å². The van der Waals surface area contributed by atoms with Crippen LogP contribution in [0, 0.1) is 5.41 Å². The summed E-state index contributed by atoms with van der Waals surface area (Å²) in [6.07, 6.45) is 4.56. The lowest BCUT2D eigenvalue weighted by Gasteiger charge is -2.13. The molecule has 3 nitrogen and oxygen atoms in total. The maximum Gasteiger partial charge on any atom is 0.180 e. The highest BCUT2D eigenvalue weighted by Crippen LogP contribution is 2.08. The van der Waals surface area contributed by atoms with Crippen molar-refractivity contribution in [3.05, 3.63) is 0 Å². The largest absolute Gasteiger partial charge is 0.481 e. The normalized spacial score (nSPS) is 17.6. The van der Waals surface area contributed by atoms with Gasteiger partial charge in [0.1, 0.15) is 0 Å². The summed E-state index contributed by atoms with van der Waals surface area (Å²) in [6, 6.07) is 0. The summed E-state index contributed by atoms with van der Waals surface area (Å²) >= 11 is 0. The maximum absolute atomic E-state index is 7.42. The Bertz CT molecular complexity index is 153. The van der Waals surface area contributed by atoms with Crippen LogP contribution in [0.25, 0.3) is 0 Å². The highest BCUT2D eigenvalue weighted by Gasteiger charge is 2.10. The summed E-state index contributed by atoms with van der Waals surface area (Å²) in [5.41, 5.74) is 0. The van der Waals surface area contributed by atoms with Crippen LogP contribution in [-0.4, -0.2) is 37.0 Å². The van der Waals surface area contributed by atoms with Crippen LogP contribution in [0.3, 0.4) is 0 Å². The number of ether oxygens (including phenoxy) is 1. The second-order valence-corrected chi connectivity index (χ2v) is 3.51. The first-order chi connectivity index (χ1) is 6.33. The van der Waals surface area contributed by atoms with E-state index in [1.54, 1.807) is 0 Å². The minimum Gasteiger partial charge on any atom is -0.481 e. The zero-order chi connectivity index (χ0) is 9.52. The zero-order valence-electron chi connectivity index (χ0n) is 8.51. The van der Waals surface area contributed by atoms with Crippen LogP contribution in [0.15, 0.2) is 0 Å². The fourth-order valence-electron chi connectivity index (χ4n) is 1.72. The van der Waals surface area contributed by atoms with E-state index in [1.807, 2.05) is 6.92 Å². The van der Waals surface area contributed by atoms with Gasteiger partial charge in [-0.05, 0) is 45.8 Å². The molecule has 0 amide bonds. The highest BCUT2D eigenvalue weighted by molar-refractivity contribution is 5.72. The molecule has 1 N–H and O–H groups in total. The molecule has 0 aromatic rings. The van der Waals surface area contributed by atoms with Gasteiger partial charge in [0, 0.05) is 6.42 Å². The molecule has 76 valence electrons. The molecule has 0 spiro atoms. The fourth-order valence-corrected chi connectivity index (χ4v) is 1.72. The quantitative estimate of drug-likeness (QED) is 0.523. The van der Waals surface area contributed by atoms with Crippen molar-refractivity contribution in [2.24, 2.45) is 0 Å². The Morgan fingerprint density at radius 3 is 2.69 bits per heavy atom. The van der Waals surface area contributed by atoms with E-state index < -0.39 is 0 Å². The van der Waals surface area contributed by atoms with Gasteiger partial charge in [0.05, 0.1) is 6.61 Å². The van der Waals surface area contributed by atoms with Gasteiger partial charge in [0.15, 0.2) is 5.90 Å². The summed E-state index contributed by atoms with van der Waals surface area (Å²) in [7, 11) is 0. The van der Waals surface area contributed by atoms with E-state index in [9.17, 15) is 0 Å². The minimum absolute atomic E-state index is 0.446. The zero-order valence-corrected chi connectivity index (χ0v) is 8.51. The van der Waals surface area contributed by atoms with Crippen LogP contribution in [0.2, 0.25) is 0 Å². The number of likely N-dealkylation sites (tertiary alicyclic amines) is 1. The SMILES string of the molecule is CCOC(=N)CCCN1CCCC1. The molecule has 3 heteroatoms. The smallest absolute Gasteiger partial charge is 0.180 e. The van der Waals surface area contributed by atoms with Crippen molar-refractivity contribution in [2.75, 3.05) is 26.2 Å². The van der Waals surface area contributed by atoms with E-state index in [4.69, 9.17) is 10.1 Å². The molecule has 1 saturated heterocycles. The molecule has 13 heavy (non-hydrogen) atoms. The van der Waals surface area contributed by atoms with E-state index in [-0.39, 0.29) is 0 Å². The van der Waals surface area contributed by atoms with Gasteiger partial charge in [-0.1, -0.05) is 0 Å². The lowest BCUT2D eigenvalue weighted by molar-refractivity contribution is 0.300. The van der Waals surface area contributed by atoms with Crippen molar-refractivity contribution >= 4 is 5.90 Å². The predicted octanol–water partition coefficient (Wildman–Crippen LogP) is 1.88. The number of hydrogen-bond acceptors (Lipinski definition) is 3. The first-order valence-electron chi connectivity index (χ1n) is 5.25. The van der Waals surface area contributed by atoms with Crippen molar-refractivity contribution < 1.29 is 4.74 Å². The second kappa shape index (κ2) is 5.97. The number of rotatable bonds is 5. The second-order valence-electron chi connectivity index (χ2n) is 3.51. The molecule has 0 unspecified atom stereocenters. The van der Waals surface area contributed by atoms with E-state index in [1.165, 1.54) is 25.9 Å². The molecular formula is C10H20N2O. The van der Waals surface area contributed by atoms with E-state index in [2.05, 4.69) is 4.90 Å². The average Bonchev–Trinajstić information content (AvgIpc) is 2.57. The summed E-state index contributed by atoms with van der Waals surface area (Å²) in [5.74, 6) is 0.446. The van der Waals surface area contributed by atoms with E-state index in [0.717, 1.165) is 19.4 Å². The van der Waals surface area contributed by atoms with Crippen molar-refractivity contribution in [1.29, 1.82) is 5.41 Å². The highest BCUT2D eigenvalue weighted by atomic mass is 16.5. The molecule has 0 radical (unpaired) electrons. The van der Waals surface area contributed by atoms with E-state index >= 15 is 0 Å². The van der Waals surface area contributed by atoms with Gasteiger partial charge in [0.25, 0.3) is 0 Å². The van der Waals surface area contributed by atoms with Gasteiger partial charge in [-0.2, -0.15) is 0 Å². The van der Waals surface area contributed by atoms with Gasteiger partial charge in [-0.25, -0.2) is 0 Å². The Kier molecular flexibility index (Phi) is 4.83. The Hall–Kier alpha value is -0.570. The third kappa shape index (κ3) is 4.27. The molecular weight excluding hydrogens is 164 g/mol. The molecule has 1 aliphatic rings. The van der Waals surface area contributed by atoms with Crippen molar-refractivity contribution in [1.82, 2.24) is 4.90 Å². The van der Waals surface area contributed by atoms with Crippen LogP contribution < -0.4 is 0 Å². The Labute approximate surface area is 80.6 Å². The number of hydrogen-bond donors (Lipinski definition) is 1. The Morgan fingerprint density at radius 1 is 1.38 bits per heavy atom. The van der Waals surface area contributed by atoms with Gasteiger partial charge < -0.3 is 9.64 Å². The molecule has 1 heterocycles. The number of nitrogens with zero attached hydrogens (tertiary/aromatic N) is 1. The van der Waals surface area contributed by atoms with Crippen molar-refractivity contribution in [3.63, 3.8) is 0 Å². The Morgan fingerprint density at radius 2 is 2.08 bits per heavy atom. The topological polar surface area (TPSA) is 36.3 Å². The average molecular weight is 184 g/mol. The monoisotopic (exact) mass is 184 g/mol. The molecule has 0 bridgehead atoms. The first kappa shape index (κ1) is 10.5. The maximum atomic E-state index is 7.42. The van der Waals surface area contributed by atoms with Crippen LogP contribution in [0.1, 0.15) is 32.6 Å². The standard InChI is InChI=1S/C10H20N2O/c1-2-13-10(11)6-5-9-12-7-3-4-8-12/h11H,2-9H2,1H3. The predicted molar refractivity (Wildman–Crippen MR) is 54.3 cm³/mol. The summed E-state index contributed by atoms with van der Waals surface area (Å²) in [4.78, 5) is 2.47. The first-order valence-corrected chi connectivity index (χ1v) is 5.25. The number of nitrogens with one attached hydrogen (secondary N) is 1. The molecule has 0 aliphatic carbocycles. The van der Waals surface area contributed by atoms with E-state index in [0.29, 0.717) is 12.5 Å². The molecule has 0 atom stereocenters. The fraction of sp³-hybridized carbons (Fsp3) is 0.900. The minimum atomic E-state index is 0.446. The molecule has 1 rings (SSSR count). The van der Waals surface area contributed by atoms with Crippen LogP contribution in [0.5, 0.6) is 0 Å². The van der Waals surface area contributed by atoms with Crippen LogP contribution in [0.4, 0.5) is 0 Å².